The van der Waals surface area contributed by atoms with Crippen LogP contribution in [0.15, 0.2) is 146 Å². The van der Waals surface area contributed by atoms with Crippen molar-refractivity contribution in [3.63, 3.8) is 0 Å². The molecule has 0 saturated carbocycles. The van der Waals surface area contributed by atoms with E-state index in [-0.39, 0.29) is 0 Å². The molecule has 9 aromatic rings. The molecule has 0 bridgehead atoms. The maximum atomic E-state index is 2.39. The molecule has 0 N–H and O–H groups in total. The Morgan fingerprint density at radius 3 is 0.909 bits per heavy atom. The molecule has 0 aliphatic heterocycles. The first-order valence-corrected chi connectivity index (χ1v) is 15.4. The molecular formula is C44H30. The average molecular weight is 559 g/mol. The van der Waals surface area contributed by atoms with Crippen LogP contribution in [-0.4, -0.2) is 0 Å². The maximum Gasteiger partial charge on any atom is -0.00987 e. The van der Waals surface area contributed by atoms with Crippen molar-refractivity contribution in [3.05, 3.63) is 157 Å². The fourth-order valence-electron chi connectivity index (χ4n) is 7.11. The molecule has 0 aliphatic rings. The van der Waals surface area contributed by atoms with Crippen molar-refractivity contribution in [1.29, 1.82) is 0 Å². The van der Waals surface area contributed by atoms with Gasteiger partial charge >= 0.3 is 0 Å². The van der Waals surface area contributed by atoms with E-state index in [4.69, 9.17) is 0 Å². The van der Waals surface area contributed by atoms with Crippen LogP contribution in [0.2, 0.25) is 0 Å². The van der Waals surface area contributed by atoms with Crippen LogP contribution >= 0.6 is 0 Å². The summed E-state index contributed by atoms with van der Waals surface area (Å²) in [6.45, 7) is 4.27. The molecule has 44 heavy (non-hydrogen) atoms. The molecule has 0 spiro atoms. The van der Waals surface area contributed by atoms with Crippen molar-refractivity contribution in [2.75, 3.05) is 0 Å². The molecule has 0 nitrogen and oxygen atoms in total. The lowest BCUT2D eigenvalue weighted by molar-refractivity contribution is 1.47. The van der Waals surface area contributed by atoms with Gasteiger partial charge in [0.05, 0.1) is 0 Å². The second kappa shape index (κ2) is 9.53. The van der Waals surface area contributed by atoms with Gasteiger partial charge < -0.3 is 0 Å². The molecule has 0 amide bonds. The summed E-state index contributed by atoms with van der Waals surface area (Å²) in [6.07, 6.45) is 0. The van der Waals surface area contributed by atoms with Crippen LogP contribution in [0, 0.1) is 13.8 Å². The summed E-state index contributed by atoms with van der Waals surface area (Å²) in [7, 11) is 0. The minimum atomic E-state index is 1.26. The van der Waals surface area contributed by atoms with Crippen molar-refractivity contribution in [2.24, 2.45) is 0 Å². The summed E-state index contributed by atoms with van der Waals surface area (Å²) < 4.78 is 0. The van der Waals surface area contributed by atoms with Gasteiger partial charge in [-0.3, -0.25) is 0 Å². The Morgan fingerprint density at radius 2 is 0.523 bits per heavy atom. The monoisotopic (exact) mass is 558 g/mol. The first-order chi connectivity index (χ1) is 21.6. The van der Waals surface area contributed by atoms with Gasteiger partial charge in [-0.05, 0) is 125 Å². The smallest absolute Gasteiger partial charge is 0.00987 e. The highest BCUT2D eigenvalue weighted by Gasteiger charge is 2.11. The second-order valence-electron chi connectivity index (χ2n) is 12.4. The predicted molar refractivity (Wildman–Crippen MR) is 192 cm³/mol. The zero-order valence-corrected chi connectivity index (χ0v) is 24.9. The first kappa shape index (κ1) is 25.1. The molecule has 0 heteroatoms. The number of rotatable bonds is 2. The second-order valence-corrected chi connectivity index (χ2v) is 12.4. The lowest BCUT2D eigenvalue weighted by Crippen LogP contribution is -1.86. The topological polar surface area (TPSA) is 0 Å². The van der Waals surface area contributed by atoms with E-state index in [1.807, 2.05) is 0 Å². The summed E-state index contributed by atoms with van der Waals surface area (Å²) in [6, 6.07) is 54.6. The number of fused-ring (bicyclic) bond motifs is 10. The minimum absolute atomic E-state index is 1.26. The zero-order chi connectivity index (χ0) is 29.4. The average Bonchev–Trinajstić information content (AvgIpc) is 3.07. The van der Waals surface area contributed by atoms with Crippen LogP contribution in [0.1, 0.15) is 11.1 Å². The molecule has 0 saturated heterocycles. The Bertz CT molecular complexity index is 2400. The highest BCUT2D eigenvalue weighted by molar-refractivity contribution is 6.23. The molecular weight excluding hydrogens is 528 g/mol. The van der Waals surface area contributed by atoms with Crippen LogP contribution in [0.25, 0.3) is 86.9 Å². The fourth-order valence-corrected chi connectivity index (χ4v) is 7.11. The highest BCUT2D eigenvalue weighted by atomic mass is 14.1. The lowest BCUT2D eigenvalue weighted by atomic mass is 9.91. The lowest BCUT2D eigenvalue weighted by Gasteiger charge is -2.13. The Labute approximate surface area is 256 Å². The molecule has 0 aromatic heterocycles. The Kier molecular flexibility index (Phi) is 5.43. The van der Waals surface area contributed by atoms with E-state index in [9.17, 15) is 0 Å². The molecule has 9 rings (SSSR count). The summed E-state index contributed by atoms with van der Waals surface area (Å²) in [4.78, 5) is 0. The van der Waals surface area contributed by atoms with E-state index in [0.717, 1.165) is 0 Å². The van der Waals surface area contributed by atoms with Gasteiger partial charge in [0.1, 0.15) is 0 Å². The molecule has 0 radical (unpaired) electrons. The number of benzene rings is 9. The van der Waals surface area contributed by atoms with Gasteiger partial charge in [-0.25, -0.2) is 0 Å². The quantitative estimate of drug-likeness (QED) is 0.146. The van der Waals surface area contributed by atoms with Crippen molar-refractivity contribution >= 4 is 64.6 Å². The van der Waals surface area contributed by atoms with Crippen molar-refractivity contribution in [1.82, 2.24) is 0 Å². The molecule has 0 atom stereocenters. The number of hydrogen-bond donors (Lipinski definition) is 0. The summed E-state index contributed by atoms with van der Waals surface area (Å²) in [5.74, 6) is 0. The third kappa shape index (κ3) is 3.92. The van der Waals surface area contributed by atoms with Crippen LogP contribution in [0.3, 0.4) is 0 Å². The summed E-state index contributed by atoms with van der Waals surface area (Å²) in [5.41, 5.74) is 7.61. The van der Waals surface area contributed by atoms with Crippen molar-refractivity contribution in [2.45, 2.75) is 13.8 Å². The fraction of sp³-hybridized carbons (Fsp3) is 0.0455. The van der Waals surface area contributed by atoms with Gasteiger partial charge in [-0.1, -0.05) is 132 Å². The molecule has 0 unspecified atom stereocenters. The zero-order valence-electron chi connectivity index (χ0n) is 24.9. The third-order valence-corrected chi connectivity index (χ3v) is 9.55. The molecule has 206 valence electrons. The molecule has 0 heterocycles. The van der Waals surface area contributed by atoms with E-state index in [0.29, 0.717) is 0 Å². The minimum Gasteiger partial charge on any atom is -0.0587 e. The molecule has 0 fully saturated rings. The Balaban J connectivity index is 1.18. The number of aryl methyl sites for hydroxylation is 2. The van der Waals surface area contributed by atoms with Gasteiger partial charge in [-0.2, -0.15) is 0 Å². The molecule has 9 aromatic carbocycles. The van der Waals surface area contributed by atoms with E-state index < -0.39 is 0 Å². The van der Waals surface area contributed by atoms with Gasteiger partial charge in [0.2, 0.25) is 0 Å². The van der Waals surface area contributed by atoms with E-state index in [1.165, 1.54) is 98.0 Å². The van der Waals surface area contributed by atoms with E-state index >= 15 is 0 Å². The van der Waals surface area contributed by atoms with Crippen LogP contribution in [0.4, 0.5) is 0 Å². The van der Waals surface area contributed by atoms with Gasteiger partial charge in [0.25, 0.3) is 0 Å². The Hall–Kier alpha value is -5.46. The van der Waals surface area contributed by atoms with Crippen LogP contribution in [-0.2, 0) is 0 Å². The summed E-state index contributed by atoms with van der Waals surface area (Å²) >= 11 is 0. The molecule has 0 aliphatic carbocycles. The van der Waals surface area contributed by atoms with Crippen LogP contribution in [0.5, 0.6) is 0 Å². The maximum absolute atomic E-state index is 2.39. The number of hydrogen-bond acceptors (Lipinski definition) is 0. The highest BCUT2D eigenvalue weighted by Crippen LogP contribution is 2.38. The van der Waals surface area contributed by atoms with Crippen molar-refractivity contribution < 1.29 is 0 Å². The van der Waals surface area contributed by atoms with Gasteiger partial charge in [0.15, 0.2) is 0 Å². The van der Waals surface area contributed by atoms with Gasteiger partial charge in [-0.15, -0.1) is 0 Å². The summed E-state index contributed by atoms with van der Waals surface area (Å²) in [5, 5.41) is 15.6. The largest absolute Gasteiger partial charge is 0.0587 e. The first-order valence-electron chi connectivity index (χ1n) is 15.4. The van der Waals surface area contributed by atoms with Gasteiger partial charge in [0, 0.05) is 0 Å². The van der Waals surface area contributed by atoms with Crippen LogP contribution < -0.4 is 0 Å². The SMILES string of the molecule is Cc1ccc(-c2ccc3c(ccc4c5cc6ccc7c8ccc(-c9ccc(C)cc9)cc8ccc7c6cc5ccc34)c2)cc1. The van der Waals surface area contributed by atoms with E-state index in [1.54, 1.807) is 0 Å². The normalized spacial score (nSPS) is 11.9. The standard InChI is InChI=1S/C44H30/c1-27-3-7-29(8-4-27)31-11-17-37-33(23-31)13-21-41-39(37)19-15-35-26-44-36(25-43(35)41)16-20-40-38-18-12-32(24-34(38)14-22-42(40)44)30-9-5-28(2)6-10-30/h3-26H,1-2H3. The van der Waals surface area contributed by atoms with Crippen molar-refractivity contribution in [3.8, 4) is 22.3 Å². The van der Waals surface area contributed by atoms with E-state index in [2.05, 4.69) is 159 Å². The Morgan fingerprint density at radius 1 is 0.227 bits per heavy atom. The predicted octanol–water partition coefficient (Wildman–Crippen LogP) is 12.6. The third-order valence-electron chi connectivity index (χ3n) is 9.55.